The molecule has 2 aromatic carbocycles. The van der Waals surface area contributed by atoms with Gasteiger partial charge in [-0.05, 0) is 61.6 Å². The summed E-state index contributed by atoms with van der Waals surface area (Å²) in [5.41, 5.74) is 2.57. The molecule has 1 saturated heterocycles. The molecule has 10 heteroatoms. The number of carbonyl (C=O) groups is 2. The Labute approximate surface area is 230 Å². The van der Waals surface area contributed by atoms with E-state index in [1.54, 1.807) is 6.20 Å². The first kappa shape index (κ1) is 26.4. The summed E-state index contributed by atoms with van der Waals surface area (Å²) in [7, 11) is 0. The lowest BCUT2D eigenvalue weighted by Gasteiger charge is -2.41. The topological polar surface area (TPSA) is 90.1 Å². The summed E-state index contributed by atoms with van der Waals surface area (Å²) >= 11 is 0. The van der Waals surface area contributed by atoms with Crippen LogP contribution in [0.15, 0.2) is 54.9 Å². The van der Waals surface area contributed by atoms with Gasteiger partial charge in [-0.25, -0.2) is 4.98 Å². The first-order valence-electron chi connectivity index (χ1n) is 13.9. The van der Waals surface area contributed by atoms with Gasteiger partial charge >= 0.3 is 6.18 Å². The van der Waals surface area contributed by atoms with Crippen LogP contribution in [0.1, 0.15) is 77.1 Å². The van der Waals surface area contributed by atoms with Crippen molar-refractivity contribution < 1.29 is 22.8 Å². The molecule has 0 spiro atoms. The number of aromatic amines is 1. The number of carbonyl (C=O) groups excluding carboxylic acids is 2. The van der Waals surface area contributed by atoms with Crippen LogP contribution in [0.5, 0.6) is 0 Å². The molecule has 2 amide bonds. The number of H-pyrrole nitrogens is 1. The average molecular weight is 552 g/mol. The number of likely N-dealkylation sites (tertiary alicyclic amines) is 1. The summed E-state index contributed by atoms with van der Waals surface area (Å²) in [5, 5.41) is 6.67. The first-order chi connectivity index (χ1) is 19.2. The molecule has 3 aromatic rings. The van der Waals surface area contributed by atoms with Crippen LogP contribution in [-0.2, 0) is 11.0 Å². The fraction of sp³-hybridized carbons (Fsp3) is 0.433. The van der Waals surface area contributed by atoms with E-state index >= 15 is 0 Å². The van der Waals surface area contributed by atoms with E-state index in [0.717, 1.165) is 54.0 Å². The Kier molecular flexibility index (Phi) is 6.80. The molecule has 7 nitrogen and oxygen atoms in total. The number of nitrogens with zero attached hydrogens (tertiary/aromatic N) is 2. The number of halogens is 3. The summed E-state index contributed by atoms with van der Waals surface area (Å²) in [4.78, 5) is 37.0. The summed E-state index contributed by atoms with van der Waals surface area (Å²) in [6.45, 7) is 2.66. The van der Waals surface area contributed by atoms with Gasteiger partial charge in [0, 0.05) is 42.1 Å². The summed E-state index contributed by atoms with van der Waals surface area (Å²) in [6.07, 6.45) is 2.97. The maximum absolute atomic E-state index is 14.2. The summed E-state index contributed by atoms with van der Waals surface area (Å²) in [6, 6.07) is 9.80. The average Bonchev–Trinajstić information content (AvgIpc) is 3.64. The number of imidazole rings is 1. The van der Waals surface area contributed by atoms with Crippen molar-refractivity contribution in [3.05, 3.63) is 82.9 Å². The highest BCUT2D eigenvalue weighted by atomic mass is 19.4. The number of aryl methyl sites for hydroxylation is 1. The molecule has 0 unspecified atom stereocenters. The lowest BCUT2D eigenvalue weighted by Crippen LogP contribution is -2.50. The monoisotopic (exact) mass is 551 g/mol. The van der Waals surface area contributed by atoms with Crippen LogP contribution in [-0.4, -0.2) is 39.3 Å². The molecular weight excluding hydrogens is 519 g/mol. The minimum absolute atomic E-state index is 0.0254. The zero-order valence-electron chi connectivity index (χ0n) is 22.2. The number of rotatable bonds is 4. The highest BCUT2D eigenvalue weighted by Gasteiger charge is 2.49. The van der Waals surface area contributed by atoms with Gasteiger partial charge in [-0.15, -0.1) is 0 Å². The molecule has 3 N–H and O–H groups in total. The van der Waals surface area contributed by atoms with E-state index < -0.39 is 23.6 Å². The van der Waals surface area contributed by atoms with Gasteiger partial charge < -0.3 is 20.5 Å². The van der Waals surface area contributed by atoms with Crippen molar-refractivity contribution in [3.8, 4) is 0 Å². The quantitative estimate of drug-likeness (QED) is 0.383. The van der Waals surface area contributed by atoms with Crippen molar-refractivity contribution in [3.63, 3.8) is 0 Å². The number of para-hydroxylation sites is 1. The molecule has 210 valence electrons. The number of hydrogen-bond donors (Lipinski definition) is 3. The molecular formula is C30H32F3N5O2. The Morgan fingerprint density at radius 2 is 1.82 bits per heavy atom. The number of fused-ring (bicyclic) bond motifs is 3. The van der Waals surface area contributed by atoms with Gasteiger partial charge in [0.2, 0.25) is 5.91 Å². The molecule has 1 aromatic heterocycles. The van der Waals surface area contributed by atoms with Crippen LogP contribution in [0, 0.1) is 18.8 Å². The normalized spacial score (nSPS) is 26.0. The lowest BCUT2D eigenvalue weighted by molar-refractivity contribution is -0.139. The van der Waals surface area contributed by atoms with Crippen LogP contribution in [0.3, 0.4) is 0 Å². The highest BCUT2D eigenvalue weighted by molar-refractivity contribution is 5.95. The van der Waals surface area contributed by atoms with E-state index in [9.17, 15) is 22.8 Å². The Bertz CT molecular complexity index is 1390. The van der Waals surface area contributed by atoms with Gasteiger partial charge in [0.05, 0.1) is 23.6 Å². The van der Waals surface area contributed by atoms with Crippen molar-refractivity contribution in [2.24, 2.45) is 11.8 Å². The van der Waals surface area contributed by atoms with E-state index in [0.29, 0.717) is 19.4 Å². The Hall–Kier alpha value is -3.82. The van der Waals surface area contributed by atoms with Gasteiger partial charge in [-0.2, -0.15) is 13.2 Å². The molecule has 0 bridgehead atoms. The molecule has 2 aliphatic heterocycles. The van der Waals surface area contributed by atoms with Crippen molar-refractivity contribution in [2.75, 3.05) is 11.9 Å². The maximum Gasteiger partial charge on any atom is 0.416 e. The second kappa shape index (κ2) is 10.3. The Morgan fingerprint density at radius 1 is 1.05 bits per heavy atom. The molecule has 1 aliphatic carbocycles. The molecule has 3 heterocycles. The van der Waals surface area contributed by atoms with Crippen LogP contribution < -0.4 is 10.6 Å². The van der Waals surface area contributed by atoms with Crippen molar-refractivity contribution in [1.82, 2.24) is 20.2 Å². The molecule has 1 saturated carbocycles. The van der Waals surface area contributed by atoms with Gasteiger partial charge in [0.15, 0.2) is 0 Å². The maximum atomic E-state index is 14.2. The van der Waals surface area contributed by atoms with Crippen LogP contribution in [0.2, 0.25) is 0 Å². The molecule has 40 heavy (non-hydrogen) atoms. The second-order valence-electron chi connectivity index (χ2n) is 11.1. The third-order valence-corrected chi connectivity index (χ3v) is 8.77. The number of nitrogens with one attached hydrogen (secondary N) is 3. The smallest absolute Gasteiger partial charge is 0.374 e. The Morgan fingerprint density at radius 3 is 2.55 bits per heavy atom. The number of hydrogen-bond acceptors (Lipinski definition) is 4. The summed E-state index contributed by atoms with van der Waals surface area (Å²) in [5.74, 6) is 0.151. The van der Waals surface area contributed by atoms with Crippen molar-refractivity contribution >= 4 is 17.5 Å². The van der Waals surface area contributed by atoms with E-state index in [-0.39, 0.29) is 35.5 Å². The fourth-order valence-electron chi connectivity index (χ4n) is 6.80. The number of alkyl halides is 3. The molecule has 5 atom stereocenters. The standard InChI is InChI=1S/C30H32F3N5O2/c1-17-5-4-7-21-24(17)37-25(27-34-14-15-35-27)22-13-16-38(26(21)22)29(40)20-6-2-3-8-23(20)36-28(39)18-9-11-19(12-10-18)30(31,32)33/h4-5,7,9-12,14-15,20,22-23,25-26,37H,2-3,6,8,13,16H2,1H3,(H,34,35)(H,36,39)/t20-,22+,23+,25+,26-/m0/s1. The van der Waals surface area contributed by atoms with E-state index in [1.165, 1.54) is 12.1 Å². The SMILES string of the molecule is Cc1cccc2c1N[C@@H](c1ncc[nH]1)[C@H]1CCN(C(=O)[C@H]3CCCC[C@H]3NC(=O)c3ccc(C(F)(F)F)cc3)[C@@H]21. The third-order valence-electron chi connectivity index (χ3n) is 8.77. The molecule has 0 radical (unpaired) electrons. The van der Waals surface area contributed by atoms with Gasteiger partial charge in [-0.1, -0.05) is 31.0 Å². The zero-order valence-corrected chi connectivity index (χ0v) is 22.2. The lowest BCUT2D eigenvalue weighted by atomic mass is 9.80. The Balaban J connectivity index is 1.25. The number of benzene rings is 2. The minimum atomic E-state index is -4.47. The second-order valence-corrected chi connectivity index (χ2v) is 11.1. The number of anilines is 1. The molecule has 6 rings (SSSR count). The summed E-state index contributed by atoms with van der Waals surface area (Å²) < 4.78 is 38.9. The first-order valence-corrected chi connectivity index (χ1v) is 13.9. The van der Waals surface area contributed by atoms with E-state index in [1.807, 2.05) is 17.2 Å². The van der Waals surface area contributed by atoms with Gasteiger partial charge in [0.1, 0.15) is 5.82 Å². The van der Waals surface area contributed by atoms with E-state index in [4.69, 9.17) is 0 Å². The van der Waals surface area contributed by atoms with Crippen LogP contribution >= 0.6 is 0 Å². The fourth-order valence-corrected chi connectivity index (χ4v) is 6.80. The minimum Gasteiger partial charge on any atom is -0.374 e. The van der Waals surface area contributed by atoms with Crippen molar-refractivity contribution in [1.29, 1.82) is 0 Å². The number of amides is 2. The predicted octanol–water partition coefficient (Wildman–Crippen LogP) is 5.78. The van der Waals surface area contributed by atoms with Crippen LogP contribution in [0.4, 0.5) is 18.9 Å². The highest BCUT2D eigenvalue weighted by Crippen LogP contribution is 2.52. The van der Waals surface area contributed by atoms with Gasteiger partial charge in [-0.3, -0.25) is 9.59 Å². The molecule has 2 fully saturated rings. The predicted molar refractivity (Wildman–Crippen MR) is 143 cm³/mol. The number of aromatic nitrogens is 2. The third kappa shape index (κ3) is 4.73. The van der Waals surface area contributed by atoms with Gasteiger partial charge in [0.25, 0.3) is 5.91 Å². The largest absolute Gasteiger partial charge is 0.416 e. The molecule has 3 aliphatic rings. The van der Waals surface area contributed by atoms with Crippen LogP contribution in [0.25, 0.3) is 0 Å². The van der Waals surface area contributed by atoms with Crippen molar-refractivity contribution in [2.45, 2.75) is 63.3 Å². The zero-order chi connectivity index (χ0) is 28.0. The van der Waals surface area contributed by atoms with E-state index in [2.05, 4.69) is 39.7 Å².